The highest BCUT2D eigenvalue weighted by Crippen LogP contribution is 2.49. The minimum Gasteiger partial charge on any atom is -0.494 e. The van der Waals surface area contributed by atoms with Gasteiger partial charge in [-0.1, -0.05) is 31.2 Å². The molecule has 1 aliphatic rings. The number of nitrogens with one attached hydrogen (secondary N) is 1. The molecule has 1 atom stereocenters. The number of aromatic carboxylic acids is 1. The topological polar surface area (TPSA) is 75.6 Å². The molecule has 0 radical (unpaired) electrons. The summed E-state index contributed by atoms with van der Waals surface area (Å²) in [4.78, 5) is 25.3. The third-order valence-corrected chi connectivity index (χ3v) is 6.24. The van der Waals surface area contributed by atoms with Crippen molar-refractivity contribution in [2.24, 2.45) is 0 Å². The third-order valence-electron chi connectivity index (χ3n) is 4.95. The zero-order chi connectivity index (χ0) is 21.3. The van der Waals surface area contributed by atoms with E-state index in [1.165, 1.54) is 18.2 Å². The summed E-state index contributed by atoms with van der Waals surface area (Å²) in [5.41, 5.74) is 2.09. The van der Waals surface area contributed by atoms with Gasteiger partial charge >= 0.3 is 5.97 Å². The Labute approximate surface area is 177 Å². The fourth-order valence-electron chi connectivity index (χ4n) is 3.67. The Morgan fingerprint density at radius 1 is 1.27 bits per heavy atom. The molecule has 0 fully saturated rings. The van der Waals surface area contributed by atoms with E-state index in [1.54, 1.807) is 6.07 Å². The van der Waals surface area contributed by atoms with Gasteiger partial charge in [0.05, 0.1) is 12.3 Å². The van der Waals surface area contributed by atoms with Gasteiger partial charge in [-0.15, -0.1) is 11.3 Å². The minimum atomic E-state index is -1.11. The van der Waals surface area contributed by atoms with Crippen molar-refractivity contribution in [3.63, 3.8) is 0 Å². The van der Waals surface area contributed by atoms with Gasteiger partial charge in [0, 0.05) is 22.8 Å². The van der Waals surface area contributed by atoms with Crippen LogP contribution in [0.25, 0.3) is 11.1 Å². The molecule has 30 heavy (non-hydrogen) atoms. The van der Waals surface area contributed by atoms with Crippen molar-refractivity contribution in [1.82, 2.24) is 0 Å². The van der Waals surface area contributed by atoms with E-state index in [0.717, 1.165) is 28.2 Å². The van der Waals surface area contributed by atoms with Gasteiger partial charge in [-0.05, 0) is 41.8 Å². The summed E-state index contributed by atoms with van der Waals surface area (Å²) >= 11 is 1.12. The highest BCUT2D eigenvalue weighted by atomic mass is 32.1. The zero-order valence-corrected chi connectivity index (χ0v) is 17.1. The molecular weight excluding hydrogens is 405 g/mol. The van der Waals surface area contributed by atoms with Crippen molar-refractivity contribution in [1.29, 1.82) is 0 Å². The van der Waals surface area contributed by atoms with Crippen LogP contribution in [0.1, 0.15) is 45.8 Å². The van der Waals surface area contributed by atoms with Crippen molar-refractivity contribution in [3.05, 3.63) is 69.7 Å². The van der Waals surface area contributed by atoms with E-state index in [-0.39, 0.29) is 23.1 Å². The van der Waals surface area contributed by atoms with Crippen molar-refractivity contribution in [2.75, 3.05) is 11.9 Å². The first-order valence-corrected chi connectivity index (χ1v) is 10.5. The summed E-state index contributed by atoms with van der Waals surface area (Å²) in [6.45, 7) is 2.61. The lowest BCUT2D eigenvalue weighted by Crippen LogP contribution is -2.22. The molecule has 4 rings (SSSR count). The van der Waals surface area contributed by atoms with Gasteiger partial charge in [-0.25, -0.2) is 9.18 Å². The maximum absolute atomic E-state index is 13.8. The van der Waals surface area contributed by atoms with Crippen LogP contribution in [-0.4, -0.2) is 23.6 Å². The van der Waals surface area contributed by atoms with Gasteiger partial charge in [0.2, 0.25) is 5.91 Å². The molecule has 0 spiro atoms. The second kappa shape index (κ2) is 8.28. The van der Waals surface area contributed by atoms with Crippen molar-refractivity contribution in [3.8, 4) is 16.9 Å². The fourth-order valence-corrected chi connectivity index (χ4v) is 4.91. The summed E-state index contributed by atoms with van der Waals surface area (Å²) in [5.74, 6) is -1.38. The number of fused-ring (bicyclic) bond motifs is 1. The highest BCUT2D eigenvalue weighted by molar-refractivity contribution is 7.15. The Bertz CT molecular complexity index is 1120. The van der Waals surface area contributed by atoms with Crippen LogP contribution in [0, 0.1) is 5.82 Å². The molecule has 0 bridgehead atoms. The number of ether oxygens (including phenoxy) is 1. The van der Waals surface area contributed by atoms with Crippen LogP contribution >= 0.6 is 11.3 Å². The van der Waals surface area contributed by atoms with Gasteiger partial charge in [0.1, 0.15) is 16.4 Å². The number of rotatable bonds is 6. The number of carboxylic acids is 1. The average molecular weight is 425 g/mol. The molecule has 7 heteroatoms. The van der Waals surface area contributed by atoms with Gasteiger partial charge in [0.25, 0.3) is 0 Å². The molecule has 154 valence electrons. The summed E-state index contributed by atoms with van der Waals surface area (Å²) in [6.07, 6.45) is 1.08. The van der Waals surface area contributed by atoms with Gasteiger partial charge in [0.15, 0.2) is 0 Å². The van der Waals surface area contributed by atoms with E-state index < -0.39 is 11.8 Å². The van der Waals surface area contributed by atoms with Crippen LogP contribution < -0.4 is 10.1 Å². The number of hydrogen-bond acceptors (Lipinski definition) is 4. The smallest absolute Gasteiger partial charge is 0.346 e. The molecule has 0 saturated heterocycles. The number of carboxylic acid groups (broad SMARTS) is 1. The second-order valence-corrected chi connectivity index (χ2v) is 8.14. The first-order valence-electron chi connectivity index (χ1n) is 9.66. The first kappa shape index (κ1) is 20.1. The molecule has 2 heterocycles. The fraction of sp³-hybridized carbons (Fsp3) is 0.217. The Hall–Kier alpha value is -3.19. The predicted molar refractivity (Wildman–Crippen MR) is 114 cm³/mol. The van der Waals surface area contributed by atoms with Crippen molar-refractivity contribution >= 4 is 28.9 Å². The maximum atomic E-state index is 13.8. The number of hydrogen-bond donors (Lipinski definition) is 2. The Morgan fingerprint density at radius 2 is 2.07 bits per heavy atom. The molecule has 5 nitrogen and oxygen atoms in total. The standard InChI is InChI=1S/C23H20FNO4S/c1-2-9-29-16-8-4-5-13(11-16)17-12-18(26)25-20-19(14-6-3-7-15(24)10-14)22(23(27)28)30-21(17)20/h3-8,10-11,17H,2,9,12H2,1H3,(H,25,26)(H,27,28). The molecule has 2 aromatic carbocycles. The highest BCUT2D eigenvalue weighted by Gasteiger charge is 2.34. The number of benzene rings is 2. The van der Waals surface area contributed by atoms with Gasteiger partial charge in [-0.2, -0.15) is 0 Å². The van der Waals surface area contributed by atoms with E-state index in [0.29, 0.717) is 29.2 Å². The molecule has 1 aliphatic heterocycles. The van der Waals surface area contributed by atoms with Crippen molar-refractivity contribution in [2.45, 2.75) is 25.7 Å². The lowest BCUT2D eigenvalue weighted by molar-refractivity contribution is -0.116. The Kier molecular flexibility index (Phi) is 5.55. The van der Waals surface area contributed by atoms with Crippen LogP contribution in [-0.2, 0) is 4.79 Å². The molecule has 0 aliphatic carbocycles. The molecule has 3 aromatic rings. The molecule has 0 saturated carbocycles. The first-order chi connectivity index (χ1) is 14.5. The monoisotopic (exact) mass is 425 g/mol. The summed E-state index contributed by atoms with van der Waals surface area (Å²) in [5, 5.41) is 12.6. The van der Waals surface area contributed by atoms with Crippen LogP contribution in [0.4, 0.5) is 10.1 Å². The van der Waals surface area contributed by atoms with Crippen LogP contribution in [0.5, 0.6) is 5.75 Å². The quantitative estimate of drug-likeness (QED) is 0.546. The van der Waals surface area contributed by atoms with Crippen LogP contribution in [0.2, 0.25) is 0 Å². The van der Waals surface area contributed by atoms with E-state index in [1.807, 2.05) is 31.2 Å². The molecule has 1 aromatic heterocycles. The molecule has 1 unspecified atom stereocenters. The summed E-state index contributed by atoms with van der Waals surface area (Å²) < 4.78 is 19.6. The van der Waals surface area contributed by atoms with E-state index >= 15 is 0 Å². The lowest BCUT2D eigenvalue weighted by Gasteiger charge is -2.24. The summed E-state index contributed by atoms with van der Waals surface area (Å²) in [6, 6.07) is 13.3. The molecule has 1 amide bonds. The predicted octanol–water partition coefficient (Wildman–Crippen LogP) is 5.52. The number of anilines is 1. The summed E-state index contributed by atoms with van der Waals surface area (Å²) in [7, 11) is 0. The minimum absolute atomic E-state index is 0.0798. The number of thiophene rings is 1. The van der Waals surface area contributed by atoms with Crippen LogP contribution in [0.15, 0.2) is 48.5 Å². The Balaban J connectivity index is 1.85. The average Bonchev–Trinajstić information content (AvgIpc) is 3.11. The van der Waals surface area contributed by atoms with Gasteiger partial charge in [-0.3, -0.25) is 4.79 Å². The second-order valence-electron chi connectivity index (χ2n) is 7.09. The number of carbonyl (C=O) groups is 2. The van der Waals surface area contributed by atoms with Gasteiger partial charge < -0.3 is 15.2 Å². The molecular formula is C23H20FNO4S. The maximum Gasteiger partial charge on any atom is 0.346 e. The third kappa shape index (κ3) is 3.80. The van der Waals surface area contributed by atoms with E-state index in [2.05, 4.69) is 5.32 Å². The van der Waals surface area contributed by atoms with Crippen molar-refractivity contribution < 1.29 is 23.8 Å². The SMILES string of the molecule is CCCOc1cccc(C2CC(=O)Nc3c2sc(C(=O)O)c3-c2cccc(F)c2)c1. The largest absolute Gasteiger partial charge is 0.494 e. The normalized spacial score (nSPS) is 15.4. The number of halogens is 1. The molecule has 2 N–H and O–H groups in total. The van der Waals surface area contributed by atoms with E-state index in [4.69, 9.17) is 4.74 Å². The number of carbonyl (C=O) groups excluding carboxylic acids is 1. The Morgan fingerprint density at radius 3 is 2.80 bits per heavy atom. The zero-order valence-electron chi connectivity index (χ0n) is 16.3. The number of amides is 1. The lowest BCUT2D eigenvalue weighted by atomic mass is 9.88. The van der Waals surface area contributed by atoms with Crippen LogP contribution in [0.3, 0.4) is 0 Å². The van der Waals surface area contributed by atoms with E-state index in [9.17, 15) is 19.1 Å².